The Labute approximate surface area is 109 Å². The van der Waals surface area contributed by atoms with Gasteiger partial charge in [-0.15, -0.1) is 0 Å². The predicted octanol–water partition coefficient (Wildman–Crippen LogP) is 3.48. The molecular weight excluding hydrogens is 224 g/mol. The van der Waals surface area contributed by atoms with Gasteiger partial charge in [0.25, 0.3) is 5.91 Å². The maximum absolute atomic E-state index is 11.9. The first-order valence-electron chi connectivity index (χ1n) is 5.86. The minimum absolute atomic E-state index is 0. The lowest BCUT2D eigenvalue weighted by Gasteiger charge is -2.05. The molecule has 0 aliphatic rings. The molecule has 0 aromatic heterocycles. The molecule has 0 aliphatic carbocycles. The number of carbonyl (C=O) groups excluding carboxylic acids is 1. The first kappa shape index (κ1) is 13.9. The monoisotopic (exact) mass is 244 g/mol. The molecule has 0 heterocycles. The summed E-state index contributed by atoms with van der Waals surface area (Å²) >= 11 is 0. The third-order valence-corrected chi connectivity index (χ3v) is 2.37. The van der Waals surface area contributed by atoms with Crippen LogP contribution in [-0.4, -0.2) is 12.1 Å². The van der Waals surface area contributed by atoms with E-state index in [0.717, 1.165) is 11.3 Å². The highest BCUT2D eigenvalue weighted by molar-refractivity contribution is 5.95. The first-order chi connectivity index (χ1) is 8.67. The molecule has 1 N–H and O–H groups in total. The van der Waals surface area contributed by atoms with Gasteiger partial charge in [0.1, 0.15) is 0 Å². The summed E-state index contributed by atoms with van der Waals surface area (Å²) in [6.07, 6.45) is 6.91. The molecule has 0 bridgehead atoms. The van der Waals surface area contributed by atoms with Gasteiger partial charge in [0, 0.05) is 25.1 Å². The third kappa shape index (κ3) is 4.37. The predicted molar refractivity (Wildman–Crippen MR) is 77.8 cm³/mol. The Morgan fingerprint density at radius 2 is 1.94 bits per heavy atom. The van der Waals surface area contributed by atoms with Gasteiger partial charge in [-0.2, -0.15) is 0 Å². The summed E-state index contributed by atoms with van der Waals surface area (Å²) in [7, 11) is 0. The molecule has 0 saturated heterocycles. The van der Waals surface area contributed by atoms with Gasteiger partial charge < -0.3 is 5.32 Å². The van der Waals surface area contributed by atoms with Gasteiger partial charge in [0.05, 0.1) is 0 Å². The number of nitrogens with zero attached hydrogens (tertiary/aromatic N) is 1. The van der Waals surface area contributed by atoms with Crippen LogP contribution < -0.4 is 5.32 Å². The van der Waals surface area contributed by atoms with Crippen LogP contribution in [0.2, 0.25) is 0 Å². The fourth-order valence-corrected chi connectivity index (χ4v) is 1.33. The number of hydrogen-bond acceptors (Lipinski definition) is 2. The lowest BCUT2D eigenvalue weighted by atomic mass is 10.1. The molecule has 0 atom stereocenters. The van der Waals surface area contributed by atoms with Crippen LogP contribution in [0.3, 0.4) is 0 Å². The molecule has 0 saturated carbocycles. The van der Waals surface area contributed by atoms with E-state index in [0.29, 0.717) is 5.56 Å². The van der Waals surface area contributed by atoms with E-state index in [1.54, 1.807) is 18.5 Å². The normalized spacial score (nSPS) is 12.3. The van der Waals surface area contributed by atoms with E-state index < -0.39 is 0 Å². The van der Waals surface area contributed by atoms with Crippen LogP contribution >= 0.6 is 0 Å². The van der Waals surface area contributed by atoms with E-state index in [-0.39, 0.29) is 7.33 Å². The van der Waals surface area contributed by atoms with Gasteiger partial charge in [0.2, 0.25) is 0 Å². The molecule has 3 nitrogen and oxygen atoms in total. The highest BCUT2D eigenvalue weighted by Gasteiger charge is 2.04. The van der Waals surface area contributed by atoms with Crippen LogP contribution in [0.15, 0.2) is 53.3 Å². The second kappa shape index (κ2) is 7.22. The fourth-order valence-electron chi connectivity index (χ4n) is 1.33. The van der Waals surface area contributed by atoms with Crippen molar-refractivity contribution in [1.82, 2.24) is 5.32 Å². The maximum atomic E-state index is 11.9. The molecule has 1 aromatic carbocycles. The average molecular weight is 244 g/mol. The molecule has 1 amide bonds. The Hall–Kier alpha value is -2.16. The van der Waals surface area contributed by atoms with Crippen molar-refractivity contribution in [3.63, 3.8) is 0 Å². The summed E-state index contributed by atoms with van der Waals surface area (Å²) in [6, 6.07) is 7.46. The molecule has 3 heteroatoms. The maximum Gasteiger partial charge on any atom is 0.255 e. The highest BCUT2D eigenvalue weighted by Crippen LogP contribution is 2.04. The van der Waals surface area contributed by atoms with E-state index >= 15 is 0 Å². The Balaban J connectivity index is 0.00000324. The minimum atomic E-state index is -0.117. The molecule has 1 aromatic rings. The van der Waals surface area contributed by atoms with Crippen LogP contribution in [0.5, 0.6) is 0 Å². The average Bonchev–Trinajstić information content (AvgIpc) is 2.38. The largest absolute Gasteiger partial charge is 0.322 e. The fraction of sp³-hybridized carbons (Fsp3) is 0.200. The summed E-state index contributed by atoms with van der Waals surface area (Å²) < 4.78 is 0. The van der Waals surface area contributed by atoms with Gasteiger partial charge in [-0.1, -0.05) is 23.8 Å². The van der Waals surface area contributed by atoms with Crippen molar-refractivity contribution in [2.45, 2.75) is 20.8 Å². The number of aryl methyl sites for hydroxylation is 1. The lowest BCUT2D eigenvalue weighted by Crippen LogP contribution is -2.21. The van der Waals surface area contributed by atoms with Crippen LogP contribution in [0, 0.1) is 6.92 Å². The van der Waals surface area contributed by atoms with Gasteiger partial charge in [0.15, 0.2) is 0 Å². The highest BCUT2D eigenvalue weighted by atomic mass is 16.1. The number of allylic oxidation sites excluding steroid dienone is 2. The zero-order valence-electron chi connectivity index (χ0n) is 11.0. The number of aliphatic imine (C=N–C) groups is 1. The number of carbonyl (C=O) groups is 1. The van der Waals surface area contributed by atoms with E-state index in [1.165, 1.54) is 0 Å². The van der Waals surface area contributed by atoms with Gasteiger partial charge in [-0.05, 0) is 39.0 Å². The molecule has 0 fully saturated rings. The number of hydrogen-bond donors (Lipinski definition) is 1. The molecule has 0 aliphatic heterocycles. The molecular formula is C15H20N2O. The van der Waals surface area contributed by atoms with Crippen LogP contribution in [0.25, 0.3) is 0 Å². The number of benzene rings is 1. The second-order valence-corrected chi connectivity index (χ2v) is 3.79. The summed E-state index contributed by atoms with van der Waals surface area (Å²) in [5.74, 6) is -0.117. The topological polar surface area (TPSA) is 41.5 Å². The van der Waals surface area contributed by atoms with Crippen LogP contribution in [-0.2, 0) is 0 Å². The van der Waals surface area contributed by atoms with E-state index in [2.05, 4.69) is 10.3 Å². The minimum Gasteiger partial charge on any atom is -0.322 e. The summed E-state index contributed by atoms with van der Waals surface area (Å²) in [6.45, 7) is 5.69. The number of rotatable bonds is 4. The van der Waals surface area contributed by atoms with E-state index in [1.807, 2.05) is 51.1 Å². The van der Waals surface area contributed by atoms with Crippen LogP contribution in [0.4, 0.5) is 0 Å². The molecule has 18 heavy (non-hydrogen) atoms. The first-order valence-corrected chi connectivity index (χ1v) is 5.86. The molecule has 0 radical (unpaired) electrons. The summed E-state index contributed by atoms with van der Waals surface area (Å²) in [5, 5.41) is 2.82. The van der Waals surface area contributed by atoms with Crippen molar-refractivity contribution in [2.75, 3.05) is 0 Å². The summed E-state index contributed by atoms with van der Waals surface area (Å²) in [5.41, 5.74) is 2.51. The standard InChI is InChI=1S/C15H18N2O.H2/c1-4-14(10-11-16-5-2)17-15(18)13-8-6-12(3)7-9-13;/h4-11H,1-3H3,(H,17,18);1H/b11-10-,14-4+,16-5?;. The lowest BCUT2D eigenvalue weighted by molar-refractivity contribution is 0.0967. The van der Waals surface area contributed by atoms with Crippen LogP contribution in [0.1, 0.15) is 31.2 Å². The molecule has 96 valence electrons. The van der Waals surface area contributed by atoms with Crippen molar-refractivity contribution in [1.29, 1.82) is 0 Å². The van der Waals surface area contributed by atoms with E-state index in [4.69, 9.17) is 0 Å². The molecule has 1 rings (SSSR count). The van der Waals surface area contributed by atoms with Crippen molar-refractivity contribution in [3.05, 3.63) is 59.4 Å². The van der Waals surface area contributed by atoms with Gasteiger partial charge >= 0.3 is 0 Å². The Morgan fingerprint density at radius 3 is 2.50 bits per heavy atom. The third-order valence-electron chi connectivity index (χ3n) is 2.37. The zero-order valence-corrected chi connectivity index (χ0v) is 11.0. The summed E-state index contributed by atoms with van der Waals surface area (Å²) in [4.78, 5) is 15.9. The molecule has 0 spiro atoms. The van der Waals surface area contributed by atoms with Gasteiger partial charge in [-0.3, -0.25) is 9.79 Å². The Morgan fingerprint density at radius 1 is 1.28 bits per heavy atom. The number of amides is 1. The Kier molecular flexibility index (Phi) is 5.58. The van der Waals surface area contributed by atoms with Crippen molar-refractivity contribution < 1.29 is 6.22 Å². The molecule has 0 unspecified atom stereocenters. The van der Waals surface area contributed by atoms with Crippen molar-refractivity contribution in [3.8, 4) is 0 Å². The Bertz CT molecular complexity index is 487. The second-order valence-electron chi connectivity index (χ2n) is 3.79. The smallest absolute Gasteiger partial charge is 0.255 e. The quantitative estimate of drug-likeness (QED) is 0.639. The van der Waals surface area contributed by atoms with E-state index in [9.17, 15) is 4.79 Å². The van der Waals surface area contributed by atoms with Crippen molar-refractivity contribution in [2.24, 2.45) is 4.99 Å². The zero-order chi connectivity index (χ0) is 13.4. The van der Waals surface area contributed by atoms with Gasteiger partial charge in [-0.25, -0.2) is 0 Å². The van der Waals surface area contributed by atoms with Crippen molar-refractivity contribution >= 4 is 12.1 Å². The SMILES string of the molecule is CC=N/C=C\C(=C/C)NC(=O)c1ccc(C)cc1.[HH]. The number of nitrogens with one attached hydrogen (secondary N) is 1.